The summed E-state index contributed by atoms with van der Waals surface area (Å²) < 4.78 is 14.5. The van der Waals surface area contributed by atoms with Crippen LogP contribution >= 0.6 is 0 Å². The molecule has 16 aliphatic rings. The van der Waals surface area contributed by atoms with Crippen molar-refractivity contribution in [1.29, 1.82) is 0 Å². The van der Waals surface area contributed by atoms with E-state index < -0.39 is 16.4 Å². The zero-order chi connectivity index (χ0) is 44.3. The average molecular weight is 892 g/mol. The second-order valence-corrected chi connectivity index (χ2v) is 24.4. The maximum Gasteiger partial charge on any atom is 0.339 e. The molecule has 13 atom stereocenters. The summed E-state index contributed by atoms with van der Waals surface area (Å²) in [6.45, 7) is 6.22. The van der Waals surface area contributed by atoms with Crippen molar-refractivity contribution in [3.05, 3.63) is 92.6 Å². The number of nitrogens with two attached hydrogens (primary N) is 1. The Kier molecular flexibility index (Phi) is 9.36. The van der Waals surface area contributed by atoms with E-state index in [1.807, 2.05) is 0 Å². The average Bonchev–Trinajstić information content (AvgIpc) is 3.78. The van der Waals surface area contributed by atoms with Crippen molar-refractivity contribution in [2.75, 3.05) is 26.2 Å². The lowest BCUT2D eigenvalue weighted by Crippen LogP contribution is -2.77. The third-order valence-corrected chi connectivity index (χ3v) is 21.5. The van der Waals surface area contributed by atoms with Crippen LogP contribution in [0.1, 0.15) is 157 Å². The van der Waals surface area contributed by atoms with Crippen molar-refractivity contribution in [2.45, 2.75) is 159 Å². The predicted octanol–water partition coefficient (Wildman–Crippen LogP) is 10.7. The second kappa shape index (κ2) is 14.9. The lowest BCUT2D eigenvalue weighted by Gasteiger charge is -2.72. The van der Waals surface area contributed by atoms with Gasteiger partial charge in [-0.3, -0.25) is 9.69 Å². The number of aliphatic hydroxyl groups excluding tert-OH is 1. The van der Waals surface area contributed by atoms with Crippen LogP contribution in [0.15, 0.2) is 75.9 Å². The van der Waals surface area contributed by atoms with Crippen molar-refractivity contribution >= 4 is 11.9 Å². The van der Waals surface area contributed by atoms with Gasteiger partial charge in [-0.15, -0.1) is 0 Å². The molecule has 9 aliphatic heterocycles. The Morgan fingerprint density at radius 3 is 2.58 bits per heavy atom. The molecule has 7 aliphatic carbocycles. The maximum absolute atomic E-state index is 16.3. The van der Waals surface area contributed by atoms with Crippen LogP contribution in [0.4, 0.5) is 0 Å². The highest BCUT2D eigenvalue weighted by molar-refractivity contribution is 6.01. The molecule has 7 fully saturated rings. The van der Waals surface area contributed by atoms with Gasteiger partial charge < -0.3 is 25.2 Å². The van der Waals surface area contributed by atoms with Crippen LogP contribution in [-0.4, -0.2) is 65.1 Å². The summed E-state index contributed by atoms with van der Waals surface area (Å²) in [5.74, 6) is 3.77. The molecule has 12 bridgehead atoms. The lowest BCUT2D eigenvalue weighted by atomic mass is 9.27. The summed E-state index contributed by atoms with van der Waals surface area (Å²) in [5.41, 5.74) is 12.7. The van der Waals surface area contributed by atoms with Crippen molar-refractivity contribution < 1.29 is 24.2 Å². The number of nitrogens with zero attached hydrogens (tertiary/aromatic N) is 2. The molecule has 1 aromatic rings. The molecule has 3 saturated heterocycles. The van der Waals surface area contributed by atoms with Gasteiger partial charge in [0.05, 0.1) is 17.0 Å². The van der Waals surface area contributed by atoms with Crippen LogP contribution < -0.4 is 5.73 Å². The molecule has 3 spiro atoms. The van der Waals surface area contributed by atoms with Gasteiger partial charge in [0.2, 0.25) is 0 Å². The number of carbonyl (C=O) groups excluding carboxylic acids is 2. The topological polar surface area (TPSA) is 105 Å². The molecule has 1 aromatic carbocycles. The van der Waals surface area contributed by atoms with Crippen LogP contribution in [0.3, 0.4) is 0 Å². The van der Waals surface area contributed by atoms with Gasteiger partial charge in [-0.25, -0.2) is 4.79 Å². The third-order valence-electron chi connectivity index (χ3n) is 21.5. The predicted molar refractivity (Wildman–Crippen MR) is 253 cm³/mol. The summed E-state index contributed by atoms with van der Waals surface area (Å²) in [5, 5.41) is 13.4. The summed E-state index contributed by atoms with van der Waals surface area (Å²) in [6.07, 6.45) is 30.3. The number of ether oxygens (including phenoxy) is 2. The molecule has 0 radical (unpaired) electrons. The Balaban J connectivity index is 1.04. The molecule has 66 heavy (non-hydrogen) atoms. The molecule has 8 nitrogen and oxygen atoms in total. The van der Waals surface area contributed by atoms with Crippen molar-refractivity contribution in [2.24, 2.45) is 69.8 Å². The van der Waals surface area contributed by atoms with Crippen molar-refractivity contribution in [3.63, 3.8) is 0 Å². The number of allylic oxidation sites excluding steroid dienone is 5. The summed E-state index contributed by atoms with van der Waals surface area (Å²) in [7, 11) is 0. The summed E-state index contributed by atoms with van der Waals surface area (Å²) in [6, 6.07) is 6.92. The number of benzene rings is 1. The fraction of sp³-hybridized carbons (Fsp3) is 0.690. The fourth-order valence-electron chi connectivity index (χ4n) is 19.3. The van der Waals surface area contributed by atoms with Crippen molar-refractivity contribution in [3.8, 4) is 0 Å². The first-order valence-corrected chi connectivity index (χ1v) is 27.3. The molecule has 0 amide bonds. The van der Waals surface area contributed by atoms with Gasteiger partial charge in [-0.05, 0) is 134 Å². The van der Waals surface area contributed by atoms with Crippen LogP contribution in [0.5, 0.6) is 0 Å². The molecule has 9 heterocycles. The molecule has 1 unspecified atom stereocenters. The van der Waals surface area contributed by atoms with Crippen molar-refractivity contribution in [1.82, 2.24) is 9.80 Å². The highest BCUT2D eigenvalue weighted by Crippen LogP contribution is 2.88. The maximum atomic E-state index is 16.3. The quantitative estimate of drug-likeness (QED) is 0.272. The number of fused-ring (bicyclic) bond motifs is 3. The summed E-state index contributed by atoms with van der Waals surface area (Å²) >= 11 is 0. The smallest absolute Gasteiger partial charge is 0.339 e. The van der Waals surface area contributed by atoms with E-state index in [0.29, 0.717) is 84.6 Å². The number of piperidine rings is 2. The highest BCUT2D eigenvalue weighted by Gasteiger charge is 2.94. The first-order chi connectivity index (χ1) is 32.3. The summed E-state index contributed by atoms with van der Waals surface area (Å²) in [4.78, 5) is 37.1. The Bertz CT molecular complexity index is 2430. The van der Waals surface area contributed by atoms with Gasteiger partial charge >= 0.3 is 11.9 Å². The Hall–Kier alpha value is -3.62. The Morgan fingerprint density at radius 1 is 0.909 bits per heavy atom. The third kappa shape index (κ3) is 5.25. The minimum absolute atomic E-state index is 0.144. The standard InChI is InChI=1S/C58H73N3O5/c1-33-24-40-19-20-46-41-25-35-30-60(32-41)42(26-34-10-4-2-5-11-34)29-47(62)53-56-22-21-43-50(52(40)61(46)31-35)44(33)27-39-18-17-38(36-12-6-3-7-13-36)28-48(57(56,51(39)43)55(64)65-53)58(56)45-16-8-14-37(15-9-23-59)49(45)54(63)66-58/h8,14,16,19-20,27,33-36,38,41-42,44,46,48,50,62H,2-7,9-13,15,17-18,21-26,28-32,59H2,1H3/b53-47-/t33-,35+,38+,41-,42+,44+,46+,48-,50-,56+,57+,58+/m0/s1. The minimum Gasteiger partial charge on any atom is -0.509 e. The van der Waals surface area contributed by atoms with Gasteiger partial charge in [0.15, 0.2) is 11.4 Å². The molecule has 3 N–H and O–H groups in total. The van der Waals surface area contributed by atoms with Crippen LogP contribution in [-0.2, 0) is 26.3 Å². The van der Waals surface area contributed by atoms with E-state index in [-0.39, 0.29) is 35.6 Å². The van der Waals surface area contributed by atoms with E-state index >= 15 is 9.59 Å². The van der Waals surface area contributed by atoms with Gasteiger partial charge in [0.1, 0.15) is 11.2 Å². The first-order valence-electron chi connectivity index (χ1n) is 27.3. The number of hydrogen-bond donors (Lipinski definition) is 2. The van der Waals surface area contributed by atoms with Gasteiger partial charge in [-0.1, -0.05) is 113 Å². The van der Waals surface area contributed by atoms with E-state index in [1.54, 1.807) is 5.70 Å². The molecule has 4 saturated carbocycles. The highest BCUT2D eigenvalue weighted by atomic mass is 16.6. The number of aliphatic hydroxyl groups is 1. The van der Waals surface area contributed by atoms with Crippen LogP contribution in [0, 0.1) is 64.1 Å². The molecular weight excluding hydrogens is 819 g/mol. The number of rotatable bonds is 6. The zero-order valence-corrected chi connectivity index (χ0v) is 39.5. The van der Waals surface area contributed by atoms with Crippen LogP contribution in [0.25, 0.3) is 0 Å². The molecule has 8 heteroatoms. The van der Waals surface area contributed by atoms with E-state index in [4.69, 9.17) is 15.2 Å². The minimum atomic E-state index is -1.13. The Morgan fingerprint density at radius 2 is 1.74 bits per heavy atom. The van der Waals surface area contributed by atoms with E-state index in [0.717, 1.165) is 75.7 Å². The second-order valence-electron chi connectivity index (χ2n) is 24.4. The van der Waals surface area contributed by atoms with E-state index in [2.05, 4.69) is 53.2 Å². The fourth-order valence-corrected chi connectivity index (χ4v) is 19.3. The molecule has 350 valence electrons. The normalized spacial score (nSPS) is 44.2. The van der Waals surface area contributed by atoms with Gasteiger partial charge in [-0.2, -0.15) is 0 Å². The van der Waals surface area contributed by atoms with Crippen LogP contribution in [0.2, 0.25) is 0 Å². The lowest BCUT2D eigenvalue weighted by molar-refractivity contribution is -0.281. The monoisotopic (exact) mass is 892 g/mol. The number of carbonyl (C=O) groups is 2. The molecular formula is C58H73N3O5. The van der Waals surface area contributed by atoms with E-state index in [9.17, 15) is 5.11 Å². The molecule has 0 aromatic heterocycles. The SMILES string of the molecule is C[C@H]1CC2=C3[C@H]4C5=C6C(=C[C@@H]41)CC[C@@H](C1CCCCC1)C[C@H]1[C@]64C(=O)O/C(=C(\O)C[C@@H](CC6CCCCC6)N6C[C@H]7C[C@@H](C6)[C@@H](C=C2)N3C7)[C@@]4(CC5)[C@]12OC(=O)c1c(CCCN)cccc12. The van der Waals surface area contributed by atoms with E-state index in [1.165, 1.54) is 92.9 Å². The largest absolute Gasteiger partial charge is 0.509 e. The number of aryl methyl sites for hydroxylation is 1. The Labute approximate surface area is 392 Å². The van der Waals surface area contributed by atoms with Gasteiger partial charge in [0, 0.05) is 55.2 Å². The first kappa shape index (κ1) is 41.4. The number of hydrogen-bond acceptors (Lipinski definition) is 8. The van der Waals surface area contributed by atoms with Gasteiger partial charge in [0.25, 0.3) is 0 Å². The number of esters is 2. The molecule has 17 rings (SSSR count). The zero-order valence-electron chi connectivity index (χ0n) is 39.5.